The third-order valence-electron chi connectivity index (χ3n) is 2.04. The van der Waals surface area contributed by atoms with Gasteiger partial charge < -0.3 is 5.32 Å². The number of primary sulfonamides is 1. The van der Waals surface area contributed by atoms with E-state index in [9.17, 15) is 13.2 Å². The Balaban J connectivity index is 3.38. The number of amides is 1. The van der Waals surface area contributed by atoms with Crippen LogP contribution in [-0.4, -0.2) is 19.9 Å². The number of sulfonamides is 1. The van der Waals surface area contributed by atoms with Crippen molar-refractivity contribution in [3.63, 3.8) is 0 Å². The smallest absolute Gasteiger partial charge is 0.253 e. The van der Waals surface area contributed by atoms with E-state index in [-0.39, 0.29) is 15.5 Å². The van der Waals surface area contributed by atoms with E-state index < -0.39 is 21.5 Å². The van der Waals surface area contributed by atoms with Gasteiger partial charge >= 0.3 is 0 Å². The predicted molar refractivity (Wildman–Crippen MR) is 77.7 cm³/mol. The van der Waals surface area contributed by atoms with E-state index in [0.29, 0.717) is 4.47 Å². The van der Waals surface area contributed by atoms with E-state index in [1.54, 1.807) is 20.8 Å². The van der Waals surface area contributed by atoms with Crippen molar-refractivity contribution in [2.75, 3.05) is 0 Å². The molecule has 0 aromatic heterocycles. The van der Waals surface area contributed by atoms with E-state index in [2.05, 4.69) is 21.2 Å². The van der Waals surface area contributed by atoms with Crippen LogP contribution in [-0.2, 0) is 10.0 Å². The summed E-state index contributed by atoms with van der Waals surface area (Å²) < 4.78 is 23.2. The number of benzene rings is 1. The first-order valence-corrected chi connectivity index (χ1v) is 7.98. The van der Waals surface area contributed by atoms with E-state index in [1.807, 2.05) is 0 Å². The van der Waals surface area contributed by atoms with Crippen molar-refractivity contribution in [3.8, 4) is 0 Å². The molecule has 0 heterocycles. The van der Waals surface area contributed by atoms with Crippen LogP contribution in [0.15, 0.2) is 21.5 Å². The van der Waals surface area contributed by atoms with Crippen molar-refractivity contribution >= 4 is 43.5 Å². The summed E-state index contributed by atoms with van der Waals surface area (Å²) in [6, 6.07) is 2.70. The zero-order valence-corrected chi connectivity index (χ0v) is 13.8. The average Bonchev–Trinajstić information content (AvgIpc) is 2.16. The van der Waals surface area contributed by atoms with E-state index in [4.69, 9.17) is 16.7 Å². The van der Waals surface area contributed by atoms with Gasteiger partial charge in [0.25, 0.3) is 5.91 Å². The first-order chi connectivity index (χ1) is 8.42. The van der Waals surface area contributed by atoms with Crippen LogP contribution in [0.3, 0.4) is 0 Å². The monoisotopic (exact) mass is 368 g/mol. The molecule has 0 fully saturated rings. The molecule has 0 atom stereocenters. The van der Waals surface area contributed by atoms with Gasteiger partial charge in [0, 0.05) is 10.0 Å². The van der Waals surface area contributed by atoms with E-state index >= 15 is 0 Å². The Morgan fingerprint density at radius 1 is 1.37 bits per heavy atom. The summed E-state index contributed by atoms with van der Waals surface area (Å²) in [4.78, 5) is 11.8. The normalized spacial score (nSPS) is 12.3. The molecule has 1 rings (SSSR count). The largest absolute Gasteiger partial charge is 0.347 e. The predicted octanol–water partition coefficient (Wildman–Crippen LogP) is 2.28. The lowest BCUT2D eigenvalue weighted by atomic mass is 10.1. The number of nitrogens with one attached hydrogen (secondary N) is 1. The van der Waals surface area contributed by atoms with Crippen LogP contribution < -0.4 is 10.5 Å². The topological polar surface area (TPSA) is 89.3 Å². The highest BCUT2D eigenvalue weighted by Crippen LogP contribution is 2.29. The van der Waals surface area contributed by atoms with Crippen molar-refractivity contribution in [2.24, 2.45) is 5.14 Å². The summed E-state index contributed by atoms with van der Waals surface area (Å²) >= 11 is 9.08. The summed E-state index contributed by atoms with van der Waals surface area (Å²) in [7, 11) is -4.00. The van der Waals surface area contributed by atoms with Gasteiger partial charge in [-0.1, -0.05) is 27.5 Å². The van der Waals surface area contributed by atoms with Crippen LogP contribution in [0.2, 0.25) is 5.02 Å². The van der Waals surface area contributed by atoms with Gasteiger partial charge in [0.05, 0.1) is 10.6 Å². The van der Waals surface area contributed by atoms with Gasteiger partial charge in [0.1, 0.15) is 4.90 Å². The average molecular weight is 370 g/mol. The maximum Gasteiger partial charge on any atom is 0.253 e. The molecule has 0 spiro atoms. The van der Waals surface area contributed by atoms with Gasteiger partial charge in [-0.3, -0.25) is 4.79 Å². The van der Waals surface area contributed by atoms with Crippen molar-refractivity contribution in [1.29, 1.82) is 0 Å². The first-order valence-electron chi connectivity index (χ1n) is 5.26. The van der Waals surface area contributed by atoms with E-state index in [0.717, 1.165) is 0 Å². The molecule has 1 aromatic rings. The second-order valence-electron chi connectivity index (χ2n) is 5.01. The number of hydrogen-bond acceptors (Lipinski definition) is 3. The van der Waals surface area contributed by atoms with Crippen LogP contribution in [0.1, 0.15) is 31.1 Å². The number of carbonyl (C=O) groups is 1. The molecule has 0 aliphatic carbocycles. The minimum atomic E-state index is -4.00. The summed E-state index contributed by atoms with van der Waals surface area (Å²) in [5.74, 6) is -0.469. The molecule has 1 amide bonds. The summed E-state index contributed by atoms with van der Waals surface area (Å²) in [6.45, 7) is 5.41. The highest BCUT2D eigenvalue weighted by molar-refractivity contribution is 9.10. The fourth-order valence-corrected chi connectivity index (χ4v) is 3.12. The van der Waals surface area contributed by atoms with Crippen molar-refractivity contribution in [3.05, 3.63) is 27.2 Å². The van der Waals surface area contributed by atoms with Crippen LogP contribution >= 0.6 is 27.5 Å². The van der Waals surface area contributed by atoms with Crippen LogP contribution in [0.4, 0.5) is 0 Å². The third-order valence-corrected chi connectivity index (χ3v) is 3.96. The van der Waals surface area contributed by atoms with Gasteiger partial charge in [-0.2, -0.15) is 0 Å². The van der Waals surface area contributed by atoms with Crippen molar-refractivity contribution in [2.45, 2.75) is 31.2 Å². The maximum atomic E-state index is 12.1. The molecule has 8 heteroatoms. The number of nitrogens with two attached hydrogens (primary N) is 1. The standard InChI is InChI=1S/C11H14BrClN2O3S/c1-11(2,3)15-10(16)7-4-6(12)5-8(9(7)13)19(14,17)18/h4-5H,1-3H3,(H,15,16)(H2,14,17,18). The minimum absolute atomic E-state index is 0.0509. The van der Waals surface area contributed by atoms with Crippen LogP contribution in [0.5, 0.6) is 0 Å². The Morgan fingerprint density at radius 3 is 2.32 bits per heavy atom. The highest BCUT2D eigenvalue weighted by Gasteiger charge is 2.23. The Labute approximate surface area is 125 Å². The molecule has 0 unspecified atom stereocenters. The van der Waals surface area contributed by atoms with Crippen molar-refractivity contribution in [1.82, 2.24) is 5.32 Å². The minimum Gasteiger partial charge on any atom is -0.347 e. The number of carbonyl (C=O) groups excluding carboxylic acids is 1. The Hall–Kier alpha value is -0.630. The lowest BCUT2D eigenvalue weighted by Crippen LogP contribution is -2.40. The zero-order valence-electron chi connectivity index (χ0n) is 10.6. The summed E-state index contributed by atoms with van der Waals surface area (Å²) in [5, 5.41) is 7.57. The maximum absolute atomic E-state index is 12.1. The lowest BCUT2D eigenvalue weighted by Gasteiger charge is -2.21. The summed E-state index contributed by atoms with van der Waals surface area (Å²) in [5.41, 5.74) is -0.417. The molecule has 5 nitrogen and oxygen atoms in total. The molecule has 3 N–H and O–H groups in total. The number of halogens is 2. The van der Waals surface area contributed by atoms with Crippen LogP contribution in [0, 0.1) is 0 Å². The number of rotatable bonds is 2. The molecular weight excluding hydrogens is 356 g/mol. The molecule has 0 aliphatic heterocycles. The molecule has 0 radical (unpaired) electrons. The molecular formula is C11H14BrClN2O3S. The zero-order chi connectivity index (χ0) is 15.0. The van der Waals surface area contributed by atoms with Gasteiger partial charge in [0.15, 0.2) is 0 Å². The molecule has 106 valence electrons. The molecule has 0 saturated carbocycles. The Kier molecular flexibility index (Phi) is 4.66. The molecule has 0 bridgehead atoms. The lowest BCUT2D eigenvalue weighted by molar-refractivity contribution is 0.0919. The Morgan fingerprint density at radius 2 is 1.89 bits per heavy atom. The third kappa shape index (κ3) is 4.45. The van der Waals surface area contributed by atoms with Crippen LogP contribution in [0.25, 0.3) is 0 Å². The van der Waals surface area contributed by atoms with Gasteiger partial charge in [-0.05, 0) is 32.9 Å². The van der Waals surface area contributed by atoms with E-state index in [1.165, 1.54) is 12.1 Å². The Bertz CT molecular complexity index is 624. The molecule has 1 aromatic carbocycles. The first kappa shape index (κ1) is 16.4. The summed E-state index contributed by atoms with van der Waals surface area (Å²) in [6.07, 6.45) is 0. The fourth-order valence-electron chi connectivity index (χ4n) is 1.34. The molecule has 0 saturated heterocycles. The molecule has 0 aliphatic rings. The molecule has 19 heavy (non-hydrogen) atoms. The van der Waals surface area contributed by atoms with Gasteiger partial charge in [0.2, 0.25) is 10.0 Å². The second kappa shape index (κ2) is 5.40. The SMILES string of the molecule is CC(C)(C)NC(=O)c1cc(Br)cc(S(N)(=O)=O)c1Cl. The quantitative estimate of drug-likeness (QED) is 0.838. The van der Waals surface area contributed by atoms with Gasteiger partial charge in [-0.15, -0.1) is 0 Å². The fraction of sp³-hybridized carbons (Fsp3) is 0.364. The number of hydrogen-bond donors (Lipinski definition) is 2. The van der Waals surface area contributed by atoms with Gasteiger partial charge in [-0.25, -0.2) is 13.6 Å². The highest BCUT2D eigenvalue weighted by atomic mass is 79.9. The second-order valence-corrected chi connectivity index (χ2v) is 7.84. The van der Waals surface area contributed by atoms with Crippen molar-refractivity contribution < 1.29 is 13.2 Å².